The Hall–Kier alpha value is -16.3. The van der Waals surface area contributed by atoms with Gasteiger partial charge >= 0.3 is 0 Å². The van der Waals surface area contributed by atoms with E-state index in [9.17, 15) is 0 Å². The quantitative estimate of drug-likeness (QED) is 0.109. The van der Waals surface area contributed by atoms with Crippen molar-refractivity contribution in [1.82, 2.24) is 9.13 Å². The van der Waals surface area contributed by atoms with Crippen LogP contribution in [0.5, 0.6) is 0 Å². The van der Waals surface area contributed by atoms with E-state index in [-0.39, 0.29) is 5.41 Å². The van der Waals surface area contributed by atoms with Gasteiger partial charge in [0, 0.05) is 94.0 Å². The summed E-state index contributed by atoms with van der Waals surface area (Å²) in [5.41, 5.74) is 35.7. The van der Waals surface area contributed by atoms with E-state index in [0.29, 0.717) is 0 Å². The first-order chi connectivity index (χ1) is 61.7. The van der Waals surface area contributed by atoms with Crippen LogP contribution in [0.3, 0.4) is 0 Å². The number of furan rings is 2. The second-order valence-corrected chi connectivity index (χ2v) is 33.9. The van der Waals surface area contributed by atoms with Crippen LogP contribution < -0.4 is 9.80 Å². The van der Waals surface area contributed by atoms with Gasteiger partial charge in [-0.3, -0.25) is 0 Å². The van der Waals surface area contributed by atoms with E-state index in [1.54, 1.807) is 0 Å². The molecule has 0 aliphatic heterocycles. The number of nitrogens with zero attached hydrogens (tertiary/aromatic N) is 4. The second kappa shape index (κ2) is 28.4. The lowest BCUT2D eigenvalue weighted by atomic mass is 9.81. The number of fused-ring (bicyclic) bond motifs is 17. The van der Waals surface area contributed by atoms with Crippen molar-refractivity contribution in [3.63, 3.8) is 0 Å². The van der Waals surface area contributed by atoms with Gasteiger partial charge < -0.3 is 27.8 Å². The average molecular weight is 1600 g/mol. The molecule has 586 valence electrons. The summed E-state index contributed by atoms with van der Waals surface area (Å²) in [5.74, 6) is 0. The van der Waals surface area contributed by atoms with Gasteiger partial charge in [0.15, 0.2) is 0 Å². The summed E-state index contributed by atoms with van der Waals surface area (Å²) in [6.07, 6.45) is 0. The van der Waals surface area contributed by atoms with Gasteiger partial charge in [0.2, 0.25) is 0 Å². The van der Waals surface area contributed by atoms with Crippen LogP contribution in [0.1, 0.15) is 25.0 Å². The van der Waals surface area contributed by atoms with Crippen molar-refractivity contribution >= 4 is 143 Å². The molecule has 4 heterocycles. The number of anilines is 6. The normalized spacial score (nSPS) is 12.5. The highest BCUT2D eigenvalue weighted by molar-refractivity contribution is 6.14. The molecule has 1 aliphatic rings. The molecular weight excluding hydrogens is 1520 g/mol. The van der Waals surface area contributed by atoms with Crippen LogP contribution in [-0.4, -0.2) is 9.13 Å². The van der Waals surface area contributed by atoms with Gasteiger partial charge in [0.1, 0.15) is 22.3 Å². The van der Waals surface area contributed by atoms with E-state index in [2.05, 4.69) is 457 Å². The maximum absolute atomic E-state index is 6.90. The van der Waals surface area contributed by atoms with Crippen LogP contribution >= 0.6 is 0 Å². The van der Waals surface area contributed by atoms with E-state index in [1.807, 2.05) is 12.1 Å². The molecule has 24 aromatic rings. The fraction of sp³-hybridized carbons (Fsp3) is 0.0252. The molecule has 0 saturated carbocycles. The maximum atomic E-state index is 6.90. The second-order valence-electron chi connectivity index (χ2n) is 33.9. The number of hydrogen-bond donors (Lipinski definition) is 0. The minimum Gasteiger partial charge on any atom is -0.456 e. The molecule has 0 radical (unpaired) electrons. The molecule has 0 spiro atoms. The Morgan fingerprint density at radius 3 is 1.14 bits per heavy atom. The van der Waals surface area contributed by atoms with Gasteiger partial charge in [-0.1, -0.05) is 275 Å². The molecule has 6 nitrogen and oxygen atoms in total. The van der Waals surface area contributed by atoms with Crippen molar-refractivity contribution in [2.45, 2.75) is 19.3 Å². The summed E-state index contributed by atoms with van der Waals surface area (Å²) >= 11 is 0. The molecule has 0 atom stereocenters. The van der Waals surface area contributed by atoms with Crippen LogP contribution in [-0.2, 0) is 5.41 Å². The van der Waals surface area contributed by atoms with Crippen LogP contribution in [0.2, 0.25) is 0 Å². The third kappa shape index (κ3) is 11.8. The summed E-state index contributed by atoms with van der Waals surface area (Å²) < 4.78 is 18.0. The smallest absolute Gasteiger partial charge is 0.136 e. The van der Waals surface area contributed by atoms with E-state index < -0.39 is 0 Å². The molecule has 1 aliphatic carbocycles. The first kappa shape index (κ1) is 71.6. The zero-order valence-corrected chi connectivity index (χ0v) is 68.7. The maximum Gasteiger partial charge on any atom is 0.136 e. The van der Waals surface area contributed by atoms with Crippen LogP contribution in [0.15, 0.2) is 446 Å². The topological polar surface area (TPSA) is 42.6 Å². The Labute approximate surface area is 722 Å². The summed E-state index contributed by atoms with van der Waals surface area (Å²) in [6.45, 7) is 4.79. The van der Waals surface area contributed by atoms with Crippen molar-refractivity contribution < 1.29 is 8.83 Å². The molecule has 4 aromatic heterocycles. The van der Waals surface area contributed by atoms with Crippen molar-refractivity contribution in [3.8, 4) is 89.3 Å². The Morgan fingerprint density at radius 2 is 0.544 bits per heavy atom. The molecule has 0 amide bonds. The van der Waals surface area contributed by atoms with Crippen LogP contribution in [0.25, 0.3) is 198 Å². The molecule has 0 N–H and O–H groups in total. The fourth-order valence-corrected chi connectivity index (χ4v) is 20.3. The van der Waals surface area contributed by atoms with E-state index >= 15 is 0 Å². The molecule has 0 saturated heterocycles. The van der Waals surface area contributed by atoms with E-state index in [1.165, 1.54) is 121 Å². The van der Waals surface area contributed by atoms with E-state index in [0.717, 1.165) is 123 Å². The third-order valence-electron chi connectivity index (χ3n) is 26.5. The highest BCUT2D eigenvalue weighted by Crippen LogP contribution is 2.54. The number of aromatic nitrogens is 2. The predicted octanol–water partition coefficient (Wildman–Crippen LogP) is 33.2. The van der Waals surface area contributed by atoms with Gasteiger partial charge in [0.05, 0.1) is 22.1 Å². The van der Waals surface area contributed by atoms with Crippen molar-refractivity contribution in [1.29, 1.82) is 0 Å². The highest BCUT2D eigenvalue weighted by Gasteiger charge is 2.37. The lowest BCUT2D eigenvalue weighted by Crippen LogP contribution is -2.16. The van der Waals surface area contributed by atoms with Crippen LogP contribution in [0, 0.1) is 0 Å². The predicted molar refractivity (Wildman–Crippen MR) is 524 cm³/mol. The molecule has 25 rings (SSSR count). The van der Waals surface area contributed by atoms with Gasteiger partial charge in [0.25, 0.3) is 0 Å². The van der Waals surface area contributed by atoms with Gasteiger partial charge in [-0.2, -0.15) is 0 Å². The van der Waals surface area contributed by atoms with Gasteiger partial charge in [-0.05, 0) is 286 Å². The lowest BCUT2D eigenvalue weighted by molar-refractivity contribution is 0.660. The standard InChI is InChI=1S/C119H78N4O2/c1-119(2)109-70-84(83-49-64-114-106(69-83)102-28-12-15-33-112(102)123(114)88-24-7-4-8-25-88)46-60-99(109)100-62-56-94(74-110(100)119)121(91-54-43-79(44-55-91)96-30-17-20-78-19-9-10-26-95(78)96)93-58-66-117-108(73-93)104-61-47-85(71-118(104)125-117)81-45-59-98-86(67-81)21-18-31-97(98)80-41-52-90(53-42-80)120(92-57-65-116-107(72-92)103-29-13-16-34-115(103)124-116)89-50-39-76(40-51-89)75-35-37-77(38-36-75)82-48-63-113-105(68-82)101-27-11-14-32-111(101)122(113)87-22-5-3-6-23-87/h3-74H,1-2H3. The van der Waals surface area contributed by atoms with Crippen LogP contribution in [0.4, 0.5) is 34.1 Å². The first-order valence-electron chi connectivity index (χ1n) is 43.1. The summed E-state index contributed by atoms with van der Waals surface area (Å²) in [6, 6.07) is 160. The molecule has 0 unspecified atom stereocenters. The zero-order chi connectivity index (χ0) is 82.5. The molecule has 125 heavy (non-hydrogen) atoms. The molecule has 0 fully saturated rings. The molecule has 6 heteroatoms. The Morgan fingerprint density at radius 1 is 0.192 bits per heavy atom. The zero-order valence-electron chi connectivity index (χ0n) is 68.7. The van der Waals surface area contributed by atoms with Crippen molar-refractivity contribution in [3.05, 3.63) is 448 Å². The fourth-order valence-electron chi connectivity index (χ4n) is 20.3. The minimum absolute atomic E-state index is 0.308. The molecular formula is C119H78N4O2. The Balaban J connectivity index is 0.517. The van der Waals surface area contributed by atoms with Crippen molar-refractivity contribution in [2.24, 2.45) is 0 Å². The first-order valence-corrected chi connectivity index (χ1v) is 43.1. The Bertz CT molecular complexity index is 8480. The SMILES string of the molecule is CC1(C)c2cc(-c3ccc4c(c3)c3ccccc3n4-c3ccccc3)ccc2-c2ccc(N(c3ccc(-c4cccc5ccccc45)cc3)c3ccc4oc5cc(-c6ccc7c(-c8ccc(N(c9ccc(-c%10ccc(-c%11ccc%12c(c%11)c%11ccccc%11n%12-c%11ccccc%11)cc%10)cc9)c9ccc%10oc%11ccccc%11c%10c9)cc8)cccc7c6)ccc5c4c3)cc21. The number of hydrogen-bond acceptors (Lipinski definition) is 4. The van der Waals surface area contributed by atoms with E-state index in [4.69, 9.17) is 8.83 Å². The van der Waals surface area contributed by atoms with Gasteiger partial charge in [-0.15, -0.1) is 0 Å². The Kier molecular flexibility index (Phi) is 16.3. The summed E-state index contributed by atoms with van der Waals surface area (Å²) in [7, 11) is 0. The summed E-state index contributed by atoms with van der Waals surface area (Å²) in [4.78, 5) is 4.78. The third-order valence-corrected chi connectivity index (χ3v) is 26.5. The number of rotatable bonds is 14. The number of para-hydroxylation sites is 5. The molecule has 0 bridgehead atoms. The highest BCUT2D eigenvalue weighted by atomic mass is 16.3. The minimum atomic E-state index is -0.308. The average Bonchev–Trinajstić information content (AvgIpc) is 1.59. The van der Waals surface area contributed by atoms with Gasteiger partial charge in [-0.25, -0.2) is 0 Å². The largest absolute Gasteiger partial charge is 0.456 e. The summed E-state index contributed by atoms with van der Waals surface area (Å²) in [5, 5.41) is 14.1. The lowest BCUT2D eigenvalue weighted by Gasteiger charge is -2.28. The number of benzene rings is 20. The van der Waals surface area contributed by atoms with Crippen molar-refractivity contribution in [2.75, 3.05) is 9.80 Å². The monoisotopic (exact) mass is 1590 g/mol. The molecule has 20 aromatic carbocycles.